The molecule has 0 aliphatic heterocycles. The Bertz CT molecular complexity index is 562. The number of methoxy groups -OCH3 is 2. The molecule has 2 rings (SSSR count). The molecule has 1 radical (unpaired) electrons. The Balaban J connectivity index is 0.00000200. The molecule has 0 amide bonds. The van der Waals surface area contributed by atoms with E-state index in [9.17, 15) is 0 Å². The summed E-state index contributed by atoms with van der Waals surface area (Å²) >= 11 is 0. The first kappa shape index (κ1) is 16.4. The van der Waals surface area contributed by atoms with E-state index in [1.165, 1.54) is 0 Å². The summed E-state index contributed by atoms with van der Waals surface area (Å²) in [7, 11) is 3.31. The molecule has 0 aliphatic rings. The zero-order valence-electron chi connectivity index (χ0n) is 11.7. The average molecular weight is 448 g/mol. The number of benzene rings is 2. The Labute approximate surface area is 133 Å². The maximum atomic E-state index is 5.14. The molecule has 0 aliphatic carbocycles. The van der Waals surface area contributed by atoms with Crippen LogP contribution >= 0.6 is 0 Å². The zero-order valence-corrected chi connectivity index (χ0v) is 14.1. The van der Waals surface area contributed by atoms with Crippen LogP contribution in [0.3, 0.4) is 0 Å². The van der Waals surface area contributed by atoms with Gasteiger partial charge in [0.1, 0.15) is 11.5 Å². The Morgan fingerprint density at radius 3 is 1.70 bits per heavy atom. The summed E-state index contributed by atoms with van der Waals surface area (Å²) < 4.78 is 10.3. The maximum absolute atomic E-state index is 5.14. The van der Waals surface area contributed by atoms with Gasteiger partial charge in [0.2, 0.25) is 0 Å². The van der Waals surface area contributed by atoms with Gasteiger partial charge in [0.25, 0.3) is 0 Å². The molecule has 0 N–H and O–H groups in total. The Hall–Kier alpha value is -1.64. The van der Waals surface area contributed by atoms with Crippen LogP contribution in [-0.4, -0.2) is 19.9 Å². The molecule has 4 heteroatoms. The van der Waals surface area contributed by atoms with E-state index in [1.54, 1.807) is 14.2 Å². The first-order valence-corrected chi connectivity index (χ1v) is 6.06. The van der Waals surface area contributed by atoms with Gasteiger partial charge in [-0.15, -0.1) is 0 Å². The smallest absolute Gasteiger partial charge is 0.119 e. The largest absolute Gasteiger partial charge is 0.497 e. The molecule has 0 heterocycles. The van der Waals surface area contributed by atoms with Crippen LogP contribution in [0.25, 0.3) is 0 Å². The third-order valence-electron chi connectivity index (χ3n) is 2.88. The minimum Gasteiger partial charge on any atom is -0.497 e. The fraction of sp³-hybridized carbons (Fsp3) is 0.188. The second-order valence-corrected chi connectivity index (χ2v) is 4.12. The van der Waals surface area contributed by atoms with Crippen molar-refractivity contribution >= 4 is 11.4 Å². The summed E-state index contributed by atoms with van der Waals surface area (Å²) in [6, 6.07) is 15.5. The fourth-order valence-electron chi connectivity index (χ4n) is 1.75. The predicted octanol–water partition coefficient (Wildman–Crippen LogP) is 3.84. The first-order chi connectivity index (χ1) is 9.22. The molecule has 0 unspecified atom stereocenters. The molecule has 107 valence electrons. The molecule has 0 bridgehead atoms. The van der Waals surface area contributed by atoms with Crippen molar-refractivity contribution in [2.24, 2.45) is 4.99 Å². The third-order valence-corrected chi connectivity index (χ3v) is 2.88. The van der Waals surface area contributed by atoms with E-state index in [1.807, 2.05) is 55.5 Å². The van der Waals surface area contributed by atoms with Gasteiger partial charge < -0.3 is 9.47 Å². The molecular weight excluding hydrogens is 430 g/mol. The summed E-state index contributed by atoms with van der Waals surface area (Å²) in [5, 5.41) is 0. The molecule has 0 saturated carbocycles. The Kier molecular flexibility index (Phi) is 6.43. The van der Waals surface area contributed by atoms with Crippen molar-refractivity contribution in [3.63, 3.8) is 0 Å². The van der Waals surface area contributed by atoms with E-state index in [4.69, 9.17) is 9.47 Å². The van der Waals surface area contributed by atoms with Crippen molar-refractivity contribution < 1.29 is 29.6 Å². The minimum atomic E-state index is 0. The van der Waals surface area contributed by atoms with Gasteiger partial charge in [0.05, 0.1) is 19.9 Å². The number of ether oxygens (including phenoxy) is 2. The van der Waals surface area contributed by atoms with Crippen LogP contribution in [0.15, 0.2) is 53.5 Å². The molecule has 0 saturated heterocycles. The molecule has 20 heavy (non-hydrogen) atoms. The van der Waals surface area contributed by atoms with E-state index in [0.717, 1.165) is 28.5 Å². The summed E-state index contributed by atoms with van der Waals surface area (Å²) in [6.45, 7) is 1.99. The number of rotatable bonds is 4. The second kappa shape index (κ2) is 7.83. The molecule has 0 aromatic heterocycles. The SMILES string of the molecule is COc1ccc(N=C(C)c2ccc(OC)cc2)cc1.[Ir]. The van der Waals surface area contributed by atoms with E-state index in [0.29, 0.717) is 0 Å². The van der Waals surface area contributed by atoms with Gasteiger partial charge in [-0.3, -0.25) is 4.99 Å². The number of hydrogen-bond acceptors (Lipinski definition) is 3. The van der Waals surface area contributed by atoms with Crippen LogP contribution in [0.1, 0.15) is 12.5 Å². The number of nitrogens with zero attached hydrogens (tertiary/aromatic N) is 1. The first-order valence-electron chi connectivity index (χ1n) is 6.06. The van der Waals surface area contributed by atoms with Gasteiger partial charge in [-0.2, -0.15) is 0 Å². The summed E-state index contributed by atoms with van der Waals surface area (Å²) in [6.07, 6.45) is 0. The third kappa shape index (κ3) is 4.19. The molecule has 0 fully saturated rings. The van der Waals surface area contributed by atoms with Gasteiger partial charge in [-0.25, -0.2) is 0 Å². The van der Waals surface area contributed by atoms with Crippen molar-refractivity contribution in [1.29, 1.82) is 0 Å². The van der Waals surface area contributed by atoms with E-state index >= 15 is 0 Å². The second-order valence-electron chi connectivity index (χ2n) is 4.12. The van der Waals surface area contributed by atoms with Crippen LogP contribution < -0.4 is 9.47 Å². The van der Waals surface area contributed by atoms with E-state index < -0.39 is 0 Å². The molecular formula is C16H17IrNO2. The van der Waals surface area contributed by atoms with Gasteiger partial charge in [0.15, 0.2) is 0 Å². The quantitative estimate of drug-likeness (QED) is 0.667. The van der Waals surface area contributed by atoms with Crippen LogP contribution in [0.2, 0.25) is 0 Å². The van der Waals surface area contributed by atoms with Crippen molar-refractivity contribution in [3.05, 3.63) is 54.1 Å². The van der Waals surface area contributed by atoms with E-state index in [2.05, 4.69) is 4.99 Å². The standard InChI is InChI=1S/C16H17NO2.Ir/c1-12(13-4-8-15(18-2)9-5-13)17-14-6-10-16(19-3)11-7-14;/h4-11H,1-3H3;. The Morgan fingerprint density at radius 1 is 0.800 bits per heavy atom. The minimum absolute atomic E-state index is 0. The molecule has 0 spiro atoms. The van der Waals surface area contributed by atoms with Crippen LogP contribution in [0.5, 0.6) is 11.5 Å². The average Bonchev–Trinajstić information content (AvgIpc) is 2.48. The molecule has 2 aromatic rings. The van der Waals surface area contributed by atoms with Crippen LogP contribution in [0.4, 0.5) is 5.69 Å². The summed E-state index contributed by atoms with van der Waals surface area (Å²) in [5.41, 5.74) is 2.96. The van der Waals surface area contributed by atoms with Crippen molar-refractivity contribution in [2.75, 3.05) is 14.2 Å². The Morgan fingerprint density at radius 2 is 1.25 bits per heavy atom. The number of aliphatic imine (C=N–C) groups is 1. The molecule has 0 atom stereocenters. The van der Waals surface area contributed by atoms with Crippen LogP contribution in [-0.2, 0) is 20.1 Å². The van der Waals surface area contributed by atoms with Gasteiger partial charge >= 0.3 is 0 Å². The fourth-order valence-corrected chi connectivity index (χ4v) is 1.75. The van der Waals surface area contributed by atoms with Crippen molar-refractivity contribution in [1.82, 2.24) is 0 Å². The summed E-state index contributed by atoms with van der Waals surface area (Å²) in [4.78, 5) is 4.58. The molecule has 2 aromatic carbocycles. The van der Waals surface area contributed by atoms with Gasteiger partial charge in [-0.1, -0.05) is 0 Å². The van der Waals surface area contributed by atoms with Crippen molar-refractivity contribution in [2.45, 2.75) is 6.92 Å². The summed E-state index contributed by atoms with van der Waals surface area (Å²) in [5.74, 6) is 1.68. The zero-order chi connectivity index (χ0) is 13.7. The monoisotopic (exact) mass is 448 g/mol. The normalized spacial score (nSPS) is 10.7. The predicted molar refractivity (Wildman–Crippen MR) is 77.9 cm³/mol. The van der Waals surface area contributed by atoms with Gasteiger partial charge in [0, 0.05) is 25.8 Å². The topological polar surface area (TPSA) is 30.8 Å². The van der Waals surface area contributed by atoms with Crippen LogP contribution in [0, 0.1) is 0 Å². The number of hydrogen-bond donors (Lipinski definition) is 0. The molecule has 3 nitrogen and oxygen atoms in total. The van der Waals surface area contributed by atoms with E-state index in [-0.39, 0.29) is 20.1 Å². The van der Waals surface area contributed by atoms with Gasteiger partial charge in [-0.05, 0) is 61.0 Å². The van der Waals surface area contributed by atoms with Crippen molar-refractivity contribution in [3.8, 4) is 11.5 Å². The maximum Gasteiger partial charge on any atom is 0.119 e.